The molecule has 155 valence electrons. The van der Waals surface area contributed by atoms with Crippen molar-refractivity contribution in [3.05, 3.63) is 87.5 Å². The number of nitro groups is 1. The molecule has 9 nitrogen and oxygen atoms in total. The fourth-order valence-electron chi connectivity index (χ4n) is 2.81. The van der Waals surface area contributed by atoms with Crippen molar-refractivity contribution < 1.29 is 4.92 Å². The molecule has 1 aromatic carbocycles. The molecule has 0 aliphatic rings. The van der Waals surface area contributed by atoms with Gasteiger partial charge in [0, 0.05) is 48.2 Å². The maximum atomic E-state index is 10.7. The summed E-state index contributed by atoms with van der Waals surface area (Å²) in [5.74, 6) is 1.57. The van der Waals surface area contributed by atoms with Crippen LogP contribution in [0.25, 0.3) is 22.6 Å². The number of aromatic amines is 1. The first-order valence-electron chi connectivity index (χ1n) is 9.01. The first-order chi connectivity index (χ1) is 15.0. The summed E-state index contributed by atoms with van der Waals surface area (Å²) < 4.78 is 0. The van der Waals surface area contributed by atoms with Crippen LogP contribution >= 0.6 is 23.2 Å². The van der Waals surface area contributed by atoms with Crippen LogP contribution in [0.3, 0.4) is 0 Å². The average Bonchev–Trinajstić information content (AvgIpc) is 3.29. The Morgan fingerprint density at radius 3 is 2.65 bits per heavy atom. The summed E-state index contributed by atoms with van der Waals surface area (Å²) in [5, 5.41) is 14.7. The Morgan fingerprint density at radius 1 is 1.10 bits per heavy atom. The zero-order valence-electron chi connectivity index (χ0n) is 15.8. The number of hydrogen-bond acceptors (Lipinski definition) is 7. The van der Waals surface area contributed by atoms with Gasteiger partial charge in [-0.25, -0.2) is 19.9 Å². The second kappa shape index (κ2) is 9.07. The topological polar surface area (TPSA) is 123 Å². The summed E-state index contributed by atoms with van der Waals surface area (Å²) in [6, 6.07) is 8.10. The predicted octanol–water partition coefficient (Wildman–Crippen LogP) is 4.81. The molecule has 3 heterocycles. The number of nitrogens with zero attached hydrogens (tertiary/aromatic N) is 5. The van der Waals surface area contributed by atoms with Crippen LogP contribution < -0.4 is 5.32 Å². The molecule has 2 N–H and O–H groups in total. The van der Waals surface area contributed by atoms with E-state index in [1.54, 1.807) is 43.2 Å². The molecule has 0 spiro atoms. The normalized spacial score (nSPS) is 10.8. The van der Waals surface area contributed by atoms with Gasteiger partial charge in [0.05, 0.1) is 21.2 Å². The van der Waals surface area contributed by atoms with E-state index in [4.69, 9.17) is 23.2 Å². The summed E-state index contributed by atoms with van der Waals surface area (Å²) >= 11 is 12.5. The molecule has 0 saturated heterocycles. The summed E-state index contributed by atoms with van der Waals surface area (Å²) in [4.78, 5) is 30.6. The van der Waals surface area contributed by atoms with Crippen LogP contribution in [0.15, 0.2) is 55.1 Å². The lowest BCUT2D eigenvalue weighted by atomic mass is 10.1. The largest absolute Gasteiger partial charge is 0.369 e. The first kappa shape index (κ1) is 20.7. The van der Waals surface area contributed by atoms with Gasteiger partial charge in [-0.1, -0.05) is 23.2 Å². The fourth-order valence-corrected chi connectivity index (χ4v) is 3.31. The number of halogens is 2. The maximum Gasteiger partial charge on any atom is 0.287 e. The number of nitrogens with one attached hydrogen (secondary N) is 2. The Balaban J connectivity index is 1.57. The van der Waals surface area contributed by atoms with Gasteiger partial charge in [-0.05, 0) is 24.3 Å². The van der Waals surface area contributed by atoms with Crippen molar-refractivity contribution in [1.82, 2.24) is 24.9 Å². The first-order valence-corrected chi connectivity index (χ1v) is 9.76. The number of H-pyrrole nitrogens is 1. The third-order valence-corrected chi connectivity index (χ3v) is 4.82. The molecule has 0 atom stereocenters. The second-order valence-electron chi connectivity index (χ2n) is 6.30. The number of pyridine rings is 1. The van der Waals surface area contributed by atoms with E-state index in [0.29, 0.717) is 50.9 Å². The monoisotopic (exact) mass is 454 g/mol. The lowest BCUT2D eigenvalue weighted by Gasteiger charge is -2.11. The van der Waals surface area contributed by atoms with Crippen LogP contribution in [-0.4, -0.2) is 36.4 Å². The third kappa shape index (κ3) is 4.79. The van der Waals surface area contributed by atoms with Gasteiger partial charge >= 0.3 is 0 Å². The number of benzene rings is 1. The molecule has 0 amide bonds. The van der Waals surface area contributed by atoms with Crippen LogP contribution in [-0.2, 0) is 0 Å². The highest BCUT2D eigenvalue weighted by atomic mass is 35.5. The van der Waals surface area contributed by atoms with Crippen LogP contribution in [0.4, 0.5) is 11.5 Å². The standard InChI is InChI=1S/C20H14Cl2N7O2/c21-12-1-3-14(16(22)9-12)19-15(20-24-7-8-25-20)11-27-18(28-19)5-6-23-17-4-2-13(10-26-17)29(30)31/h1-5,7-11H,6H2,(H,23,26)(H,24,25). The predicted molar refractivity (Wildman–Crippen MR) is 118 cm³/mol. The highest BCUT2D eigenvalue weighted by Crippen LogP contribution is 2.34. The molecule has 4 aromatic rings. The van der Waals surface area contributed by atoms with Crippen molar-refractivity contribution in [3.63, 3.8) is 0 Å². The summed E-state index contributed by atoms with van der Waals surface area (Å²) in [6.07, 6.45) is 7.98. The van der Waals surface area contributed by atoms with Gasteiger partial charge in [-0.15, -0.1) is 0 Å². The molecule has 1 radical (unpaired) electrons. The van der Waals surface area contributed by atoms with E-state index < -0.39 is 4.92 Å². The number of rotatable bonds is 7. The van der Waals surface area contributed by atoms with E-state index in [0.717, 1.165) is 0 Å². The molecular weight excluding hydrogens is 441 g/mol. The Morgan fingerprint density at radius 2 is 1.97 bits per heavy atom. The summed E-state index contributed by atoms with van der Waals surface area (Å²) in [7, 11) is 0. The van der Waals surface area contributed by atoms with Crippen LogP contribution in [0.5, 0.6) is 0 Å². The summed E-state index contributed by atoms with van der Waals surface area (Å²) in [6.45, 7) is 0.360. The zero-order chi connectivity index (χ0) is 21.8. The van der Waals surface area contributed by atoms with Gasteiger partial charge in [0.1, 0.15) is 23.7 Å². The van der Waals surface area contributed by atoms with Crippen molar-refractivity contribution in [2.75, 3.05) is 11.9 Å². The van der Waals surface area contributed by atoms with Crippen molar-refractivity contribution in [3.8, 4) is 22.6 Å². The Bertz CT molecular complexity index is 1210. The number of imidazole rings is 1. The van der Waals surface area contributed by atoms with Crippen molar-refractivity contribution in [2.24, 2.45) is 0 Å². The molecular formula is C20H14Cl2N7O2. The minimum atomic E-state index is -0.499. The van der Waals surface area contributed by atoms with E-state index in [1.165, 1.54) is 18.3 Å². The minimum Gasteiger partial charge on any atom is -0.369 e. The molecule has 0 aliphatic carbocycles. The SMILES string of the molecule is O=[N+]([O-])c1ccc(NC[CH]c2ncc(-c3ncc[nH]3)c(-c3ccc(Cl)cc3Cl)n2)nc1. The molecule has 31 heavy (non-hydrogen) atoms. The van der Waals surface area contributed by atoms with Gasteiger partial charge in [0.25, 0.3) is 5.69 Å². The van der Waals surface area contributed by atoms with Crippen molar-refractivity contribution in [2.45, 2.75) is 0 Å². The number of aromatic nitrogens is 5. The van der Waals surface area contributed by atoms with Gasteiger partial charge in [-0.2, -0.15) is 0 Å². The van der Waals surface area contributed by atoms with Crippen LogP contribution in [0, 0.1) is 16.5 Å². The number of anilines is 1. The Labute approximate surface area is 186 Å². The lowest BCUT2D eigenvalue weighted by molar-refractivity contribution is -0.385. The average molecular weight is 455 g/mol. The third-order valence-electron chi connectivity index (χ3n) is 4.27. The Hall–Kier alpha value is -3.56. The maximum absolute atomic E-state index is 10.7. The van der Waals surface area contributed by atoms with Crippen LogP contribution in [0.2, 0.25) is 10.0 Å². The zero-order valence-corrected chi connectivity index (χ0v) is 17.3. The van der Waals surface area contributed by atoms with Crippen molar-refractivity contribution >= 4 is 34.7 Å². The molecule has 0 saturated carbocycles. The second-order valence-corrected chi connectivity index (χ2v) is 7.14. The summed E-state index contributed by atoms with van der Waals surface area (Å²) in [5.41, 5.74) is 1.91. The van der Waals surface area contributed by atoms with Gasteiger partial charge < -0.3 is 10.3 Å². The van der Waals surface area contributed by atoms with Crippen LogP contribution in [0.1, 0.15) is 5.82 Å². The van der Waals surface area contributed by atoms with E-state index in [2.05, 4.69) is 30.2 Å². The minimum absolute atomic E-state index is 0.0733. The van der Waals surface area contributed by atoms with E-state index in [1.807, 2.05) is 0 Å². The number of hydrogen-bond donors (Lipinski definition) is 2. The van der Waals surface area contributed by atoms with E-state index in [-0.39, 0.29) is 5.69 Å². The van der Waals surface area contributed by atoms with E-state index >= 15 is 0 Å². The molecule has 0 bridgehead atoms. The van der Waals surface area contributed by atoms with Crippen molar-refractivity contribution in [1.29, 1.82) is 0 Å². The van der Waals surface area contributed by atoms with Gasteiger partial charge in [-0.3, -0.25) is 10.1 Å². The fraction of sp³-hybridized carbons (Fsp3) is 0.0500. The smallest absolute Gasteiger partial charge is 0.287 e. The van der Waals surface area contributed by atoms with E-state index in [9.17, 15) is 10.1 Å². The highest BCUT2D eigenvalue weighted by molar-refractivity contribution is 6.36. The Kier molecular flexibility index (Phi) is 6.06. The molecule has 11 heteroatoms. The molecule has 0 aliphatic heterocycles. The molecule has 0 fully saturated rings. The van der Waals surface area contributed by atoms with Gasteiger partial charge in [0.15, 0.2) is 0 Å². The quantitative estimate of drug-likeness (QED) is 0.303. The lowest BCUT2D eigenvalue weighted by Crippen LogP contribution is -2.08. The molecule has 3 aromatic heterocycles. The van der Waals surface area contributed by atoms with Gasteiger partial charge in [0.2, 0.25) is 0 Å². The molecule has 0 unspecified atom stereocenters. The highest BCUT2D eigenvalue weighted by Gasteiger charge is 2.16. The molecule has 4 rings (SSSR count).